The number of benzene rings is 2. The van der Waals surface area contributed by atoms with Crippen molar-refractivity contribution in [2.75, 3.05) is 26.2 Å². The van der Waals surface area contributed by atoms with Crippen molar-refractivity contribution in [3.05, 3.63) is 60.2 Å². The fourth-order valence-electron chi connectivity index (χ4n) is 4.68. The van der Waals surface area contributed by atoms with Gasteiger partial charge in [-0.2, -0.15) is 0 Å². The molecule has 1 aromatic heterocycles. The van der Waals surface area contributed by atoms with Crippen molar-refractivity contribution in [3.63, 3.8) is 0 Å². The van der Waals surface area contributed by atoms with E-state index in [1.165, 1.54) is 32.2 Å². The summed E-state index contributed by atoms with van der Waals surface area (Å²) in [6.45, 7) is 7.83. The summed E-state index contributed by atoms with van der Waals surface area (Å²) in [6, 6.07) is 18.5. The van der Waals surface area contributed by atoms with Crippen molar-refractivity contribution in [3.8, 4) is 5.75 Å². The SMILES string of the molecule is CCOc1ccc(Sc2cc(C(=O)NCCCN3CCCC[C@H]3CC)c3ccccc3n2)cc1. The van der Waals surface area contributed by atoms with E-state index in [-0.39, 0.29) is 5.91 Å². The van der Waals surface area contributed by atoms with Gasteiger partial charge in [0.15, 0.2) is 0 Å². The van der Waals surface area contributed by atoms with Crippen LogP contribution in [0.1, 0.15) is 56.3 Å². The molecule has 0 bridgehead atoms. The maximum atomic E-state index is 13.2. The first kappa shape index (κ1) is 24.6. The summed E-state index contributed by atoms with van der Waals surface area (Å²) >= 11 is 1.56. The monoisotopic (exact) mass is 477 g/mol. The van der Waals surface area contributed by atoms with Gasteiger partial charge >= 0.3 is 0 Å². The normalized spacial score (nSPS) is 16.5. The number of nitrogens with one attached hydrogen (secondary N) is 1. The lowest BCUT2D eigenvalue weighted by atomic mass is 10.00. The van der Waals surface area contributed by atoms with E-state index >= 15 is 0 Å². The maximum Gasteiger partial charge on any atom is 0.252 e. The van der Waals surface area contributed by atoms with Gasteiger partial charge in [0.1, 0.15) is 10.8 Å². The van der Waals surface area contributed by atoms with Gasteiger partial charge in [0.25, 0.3) is 5.91 Å². The Bertz CT molecular complexity index is 1090. The number of aromatic nitrogens is 1. The van der Waals surface area contributed by atoms with Crippen molar-refractivity contribution < 1.29 is 9.53 Å². The summed E-state index contributed by atoms with van der Waals surface area (Å²) in [7, 11) is 0. The summed E-state index contributed by atoms with van der Waals surface area (Å²) in [5.41, 5.74) is 1.52. The third-order valence-electron chi connectivity index (χ3n) is 6.42. The van der Waals surface area contributed by atoms with Gasteiger partial charge < -0.3 is 15.0 Å². The number of ether oxygens (including phenoxy) is 1. The predicted octanol–water partition coefficient (Wildman–Crippen LogP) is 6.17. The van der Waals surface area contributed by atoms with Gasteiger partial charge in [-0.1, -0.05) is 43.3 Å². The zero-order chi connectivity index (χ0) is 23.8. The number of amides is 1. The minimum absolute atomic E-state index is 0.0298. The standard InChI is InChI=1S/C28H35N3O2S/c1-3-21-10-7-8-18-31(21)19-9-17-29-28(32)25-20-27(30-26-12-6-5-11-24(25)26)34-23-15-13-22(14-16-23)33-4-2/h5-6,11-16,20-21H,3-4,7-10,17-19H2,1-2H3,(H,29,32)/t21-/m1/s1. The van der Waals surface area contributed by atoms with E-state index in [0.717, 1.165) is 39.5 Å². The molecule has 0 saturated carbocycles. The Morgan fingerprint density at radius 3 is 2.76 bits per heavy atom. The van der Waals surface area contributed by atoms with Gasteiger partial charge in [-0.05, 0) is 75.5 Å². The second-order valence-corrected chi connectivity index (χ2v) is 9.83. The quantitative estimate of drug-likeness (QED) is 0.354. The van der Waals surface area contributed by atoms with Gasteiger partial charge in [0.2, 0.25) is 0 Å². The van der Waals surface area contributed by atoms with Crippen molar-refractivity contribution >= 4 is 28.6 Å². The summed E-state index contributed by atoms with van der Waals surface area (Å²) in [4.78, 5) is 21.6. The van der Waals surface area contributed by atoms with Gasteiger partial charge in [-0.3, -0.25) is 4.79 Å². The highest BCUT2D eigenvalue weighted by Gasteiger charge is 2.20. The smallest absolute Gasteiger partial charge is 0.252 e. The lowest BCUT2D eigenvalue weighted by molar-refractivity contribution is 0.0948. The van der Waals surface area contributed by atoms with Gasteiger partial charge in [-0.15, -0.1) is 0 Å². The van der Waals surface area contributed by atoms with E-state index < -0.39 is 0 Å². The molecule has 1 aliphatic rings. The summed E-state index contributed by atoms with van der Waals surface area (Å²) in [5, 5.41) is 4.86. The van der Waals surface area contributed by atoms with Crippen LogP contribution in [0.5, 0.6) is 5.75 Å². The number of hydrogen-bond acceptors (Lipinski definition) is 5. The average Bonchev–Trinajstić information content (AvgIpc) is 2.87. The van der Waals surface area contributed by atoms with E-state index in [1.54, 1.807) is 11.8 Å². The molecule has 2 aromatic carbocycles. The second kappa shape index (κ2) is 12.2. The van der Waals surface area contributed by atoms with E-state index in [4.69, 9.17) is 9.72 Å². The van der Waals surface area contributed by atoms with E-state index in [1.807, 2.05) is 61.5 Å². The van der Waals surface area contributed by atoms with Crippen LogP contribution in [0.2, 0.25) is 0 Å². The molecule has 5 nitrogen and oxygen atoms in total. The molecule has 1 fully saturated rings. The molecule has 0 unspecified atom stereocenters. The molecule has 1 atom stereocenters. The summed E-state index contributed by atoms with van der Waals surface area (Å²) in [5.74, 6) is 0.825. The number of likely N-dealkylation sites (tertiary alicyclic amines) is 1. The molecule has 2 heterocycles. The van der Waals surface area contributed by atoms with E-state index in [9.17, 15) is 4.79 Å². The van der Waals surface area contributed by atoms with Crippen LogP contribution in [0.25, 0.3) is 10.9 Å². The summed E-state index contributed by atoms with van der Waals surface area (Å²) in [6.07, 6.45) is 6.13. The highest BCUT2D eigenvalue weighted by atomic mass is 32.2. The molecule has 1 saturated heterocycles. The predicted molar refractivity (Wildman–Crippen MR) is 140 cm³/mol. The van der Waals surface area contributed by atoms with Crippen LogP contribution in [0.3, 0.4) is 0 Å². The highest BCUT2D eigenvalue weighted by molar-refractivity contribution is 7.99. The molecule has 180 valence electrons. The van der Waals surface area contributed by atoms with Crippen LogP contribution in [-0.4, -0.2) is 48.1 Å². The van der Waals surface area contributed by atoms with Crippen LogP contribution in [0.15, 0.2) is 64.5 Å². The third kappa shape index (κ3) is 6.30. The van der Waals surface area contributed by atoms with E-state index in [0.29, 0.717) is 24.8 Å². The fourth-order valence-corrected chi connectivity index (χ4v) is 5.51. The number of para-hydroxylation sites is 1. The Balaban J connectivity index is 1.42. The van der Waals surface area contributed by atoms with Crippen LogP contribution in [0, 0.1) is 0 Å². The van der Waals surface area contributed by atoms with Crippen LogP contribution in [-0.2, 0) is 0 Å². The first-order chi connectivity index (χ1) is 16.7. The number of carbonyl (C=O) groups excluding carboxylic acids is 1. The average molecular weight is 478 g/mol. The molecule has 34 heavy (non-hydrogen) atoms. The molecule has 0 radical (unpaired) electrons. The summed E-state index contributed by atoms with van der Waals surface area (Å²) < 4.78 is 5.54. The lowest BCUT2D eigenvalue weighted by Crippen LogP contribution is -2.40. The van der Waals surface area contributed by atoms with Crippen molar-refractivity contribution in [1.82, 2.24) is 15.2 Å². The molecule has 0 aliphatic carbocycles. The van der Waals surface area contributed by atoms with Gasteiger partial charge in [-0.25, -0.2) is 4.98 Å². The largest absolute Gasteiger partial charge is 0.494 e. The lowest BCUT2D eigenvalue weighted by Gasteiger charge is -2.35. The Hall–Kier alpha value is -2.57. The molecule has 1 aliphatic heterocycles. The third-order valence-corrected chi connectivity index (χ3v) is 7.35. The van der Waals surface area contributed by atoms with Crippen LogP contribution >= 0.6 is 11.8 Å². The zero-order valence-electron chi connectivity index (χ0n) is 20.3. The highest BCUT2D eigenvalue weighted by Crippen LogP contribution is 2.31. The Morgan fingerprint density at radius 1 is 1.15 bits per heavy atom. The van der Waals surface area contributed by atoms with Crippen LogP contribution < -0.4 is 10.1 Å². The number of piperidine rings is 1. The van der Waals surface area contributed by atoms with Crippen LogP contribution in [0.4, 0.5) is 0 Å². The number of rotatable bonds is 10. The van der Waals surface area contributed by atoms with Crippen molar-refractivity contribution in [2.24, 2.45) is 0 Å². The molecule has 6 heteroatoms. The van der Waals surface area contributed by atoms with Gasteiger partial charge in [0.05, 0.1) is 17.7 Å². The second-order valence-electron chi connectivity index (χ2n) is 8.73. The fraction of sp³-hybridized carbons (Fsp3) is 0.429. The number of hydrogen-bond donors (Lipinski definition) is 1. The first-order valence-corrected chi connectivity index (χ1v) is 13.3. The number of nitrogens with zero attached hydrogens (tertiary/aromatic N) is 2. The minimum atomic E-state index is -0.0298. The van der Waals surface area contributed by atoms with Gasteiger partial charge in [0, 0.05) is 29.4 Å². The molecule has 3 aromatic rings. The molecular formula is C28H35N3O2S. The molecule has 1 N–H and O–H groups in total. The van der Waals surface area contributed by atoms with Crippen molar-refractivity contribution in [1.29, 1.82) is 0 Å². The Morgan fingerprint density at radius 2 is 1.97 bits per heavy atom. The Labute approximate surface area is 207 Å². The number of pyridine rings is 1. The zero-order valence-corrected chi connectivity index (χ0v) is 21.1. The minimum Gasteiger partial charge on any atom is -0.494 e. The number of fused-ring (bicyclic) bond motifs is 1. The van der Waals surface area contributed by atoms with E-state index in [2.05, 4.69) is 17.1 Å². The molecule has 1 amide bonds. The maximum absolute atomic E-state index is 13.2. The molecule has 4 rings (SSSR count). The first-order valence-electron chi connectivity index (χ1n) is 12.5. The molecule has 0 spiro atoms. The van der Waals surface area contributed by atoms with Crippen molar-refractivity contribution in [2.45, 2.75) is 61.9 Å². The molecular weight excluding hydrogens is 442 g/mol. The Kier molecular flexibility index (Phi) is 8.83. The topological polar surface area (TPSA) is 54.5 Å². The number of carbonyl (C=O) groups is 1.